The minimum atomic E-state index is -4.54. The molecule has 2 aromatic carbocycles. The summed E-state index contributed by atoms with van der Waals surface area (Å²) in [6.45, 7) is 0. The highest BCUT2D eigenvalue weighted by Gasteiger charge is 2.36. The molecule has 2 heterocycles. The van der Waals surface area contributed by atoms with Gasteiger partial charge in [-0.2, -0.15) is 13.2 Å². The van der Waals surface area contributed by atoms with Crippen molar-refractivity contribution >= 4 is 12.5 Å². The van der Waals surface area contributed by atoms with Gasteiger partial charge in [0.05, 0.1) is 11.3 Å². The van der Waals surface area contributed by atoms with E-state index in [0.717, 1.165) is 6.07 Å². The van der Waals surface area contributed by atoms with E-state index >= 15 is 0 Å². The van der Waals surface area contributed by atoms with Crippen LogP contribution in [0.3, 0.4) is 0 Å². The van der Waals surface area contributed by atoms with E-state index in [4.69, 9.17) is 4.74 Å². The van der Waals surface area contributed by atoms with Crippen LogP contribution in [0.4, 0.5) is 13.2 Å². The van der Waals surface area contributed by atoms with Gasteiger partial charge in [-0.05, 0) is 54.1 Å². The molecule has 1 atom stereocenters. The Morgan fingerprint density at radius 1 is 1.00 bits per heavy atom. The van der Waals surface area contributed by atoms with E-state index in [1.807, 2.05) is 0 Å². The first-order valence-electron chi connectivity index (χ1n) is 8.39. The molecule has 0 amide bonds. The van der Waals surface area contributed by atoms with Gasteiger partial charge in [0.1, 0.15) is 23.2 Å². The number of ether oxygens (including phenoxy) is 1. The maximum atomic E-state index is 13.4. The molecule has 3 aromatic rings. The van der Waals surface area contributed by atoms with Gasteiger partial charge in [-0.15, -0.1) is 0 Å². The quantitative estimate of drug-likeness (QED) is 0.548. The summed E-state index contributed by atoms with van der Waals surface area (Å²) in [4.78, 5) is 18.9. The average molecular weight is 382 g/mol. The zero-order valence-corrected chi connectivity index (χ0v) is 14.4. The van der Waals surface area contributed by atoms with Gasteiger partial charge >= 0.3 is 6.18 Å². The summed E-state index contributed by atoms with van der Waals surface area (Å²) in [5.74, 6) is -0.0121. The summed E-state index contributed by atoms with van der Waals surface area (Å²) < 4.78 is 45.7. The maximum Gasteiger partial charge on any atom is 0.419 e. The number of benzene rings is 2. The van der Waals surface area contributed by atoms with Gasteiger partial charge in [0.2, 0.25) is 0 Å². The molecule has 0 fully saturated rings. The molecule has 0 N–H and O–H groups in total. The summed E-state index contributed by atoms with van der Waals surface area (Å²) in [6, 6.07) is 15.2. The molecule has 1 unspecified atom stereocenters. The monoisotopic (exact) mass is 382 g/mol. The first kappa shape index (κ1) is 17.9. The molecule has 0 spiro atoms. The van der Waals surface area contributed by atoms with Crippen LogP contribution in [0.1, 0.15) is 27.7 Å². The van der Waals surface area contributed by atoms with Crippen LogP contribution in [0.25, 0.3) is 11.3 Å². The Labute approximate surface area is 158 Å². The average Bonchev–Trinajstić information content (AvgIpc) is 3.53. The van der Waals surface area contributed by atoms with Gasteiger partial charge in [-0.3, -0.25) is 9.79 Å². The molecular formula is C21H13F3N2O2. The van der Waals surface area contributed by atoms with E-state index in [1.165, 1.54) is 6.07 Å². The smallest absolute Gasteiger partial charge is 0.419 e. The molecular weight excluding hydrogens is 369 g/mol. The number of hydrogen-bond donors (Lipinski definition) is 0. The molecule has 0 radical (unpaired) electrons. The first-order valence-corrected chi connectivity index (χ1v) is 8.39. The number of rotatable bonds is 5. The third-order valence-corrected chi connectivity index (χ3v) is 4.22. The van der Waals surface area contributed by atoms with E-state index in [0.29, 0.717) is 28.8 Å². The Bertz CT molecular complexity index is 1050. The number of nitrogens with zero attached hydrogens (tertiary/aromatic N) is 2. The van der Waals surface area contributed by atoms with Crippen LogP contribution in [0.15, 0.2) is 65.7 Å². The molecule has 0 aliphatic carbocycles. The van der Waals surface area contributed by atoms with Crippen LogP contribution in [0.5, 0.6) is 11.5 Å². The number of aldehydes is 1. The number of carbonyl (C=O) groups is 1. The van der Waals surface area contributed by atoms with E-state index in [2.05, 4.69) is 9.98 Å². The molecule has 0 saturated heterocycles. The fourth-order valence-corrected chi connectivity index (χ4v) is 2.76. The van der Waals surface area contributed by atoms with Gasteiger partial charge in [-0.25, -0.2) is 4.98 Å². The second-order valence-electron chi connectivity index (χ2n) is 6.19. The van der Waals surface area contributed by atoms with Crippen molar-refractivity contribution in [1.82, 2.24) is 4.98 Å². The second kappa shape index (κ2) is 6.92. The Kier molecular flexibility index (Phi) is 4.43. The fourth-order valence-electron chi connectivity index (χ4n) is 2.76. The number of carbonyl (C=O) groups excluding carboxylic acids is 1. The van der Waals surface area contributed by atoms with Crippen LogP contribution < -0.4 is 4.74 Å². The predicted molar refractivity (Wildman–Crippen MR) is 97.8 cm³/mol. The topological polar surface area (TPSA) is 51.5 Å². The molecule has 140 valence electrons. The highest BCUT2D eigenvalue weighted by molar-refractivity contribution is 5.80. The van der Waals surface area contributed by atoms with Crippen molar-refractivity contribution in [3.8, 4) is 22.8 Å². The Hall–Kier alpha value is -3.48. The summed E-state index contributed by atoms with van der Waals surface area (Å²) in [7, 11) is 0. The van der Waals surface area contributed by atoms with Crippen LogP contribution >= 0.6 is 0 Å². The fraction of sp³-hybridized carbons (Fsp3) is 0.0952. The van der Waals surface area contributed by atoms with Crippen molar-refractivity contribution in [2.75, 3.05) is 0 Å². The molecule has 0 bridgehead atoms. The van der Waals surface area contributed by atoms with E-state index in [-0.39, 0.29) is 17.5 Å². The van der Waals surface area contributed by atoms with Crippen molar-refractivity contribution in [3.05, 3.63) is 77.5 Å². The molecule has 28 heavy (non-hydrogen) atoms. The minimum absolute atomic E-state index is 0.260. The number of aliphatic imine (C=N–C) groups is 1. The summed E-state index contributed by atoms with van der Waals surface area (Å²) in [5.41, 5.74) is 1.24. The first-order chi connectivity index (χ1) is 13.4. The van der Waals surface area contributed by atoms with Crippen LogP contribution in [0, 0.1) is 0 Å². The van der Waals surface area contributed by atoms with Crippen molar-refractivity contribution in [2.45, 2.75) is 12.2 Å². The molecule has 4 nitrogen and oxygen atoms in total. The Morgan fingerprint density at radius 3 is 2.39 bits per heavy atom. The molecule has 1 aromatic heterocycles. The standard InChI is InChI=1S/C21H13F3N2O2/c22-21(23,24)17-10-14(19-11-25-19)6-9-20(17)28-16-7-4-13(5-8-16)18-3-1-2-15(12-27)26-18/h1-12,19H. The highest BCUT2D eigenvalue weighted by atomic mass is 19.4. The van der Waals surface area contributed by atoms with Crippen molar-refractivity contribution in [3.63, 3.8) is 0 Å². The zero-order chi connectivity index (χ0) is 19.7. The molecule has 4 rings (SSSR count). The molecule has 1 aliphatic heterocycles. The van der Waals surface area contributed by atoms with E-state index in [1.54, 1.807) is 54.7 Å². The molecule has 7 heteroatoms. The normalized spacial score (nSPS) is 15.3. The van der Waals surface area contributed by atoms with Crippen LogP contribution in [0.2, 0.25) is 0 Å². The van der Waals surface area contributed by atoms with Crippen LogP contribution in [-0.4, -0.2) is 17.5 Å². The summed E-state index contributed by atoms with van der Waals surface area (Å²) >= 11 is 0. The predicted octanol–water partition coefficient (Wildman–Crippen LogP) is 5.50. The van der Waals surface area contributed by atoms with E-state index in [9.17, 15) is 18.0 Å². The van der Waals surface area contributed by atoms with Crippen molar-refractivity contribution in [2.24, 2.45) is 4.99 Å². The van der Waals surface area contributed by atoms with Gasteiger partial charge in [0.15, 0.2) is 6.29 Å². The Morgan fingerprint density at radius 2 is 1.75 bits per heavy atom. The third kappa shape index (κ3) is 3.78. The van der Waals surface area contributed by atoms with Gasteiger partial charge in [-0.1, -0.05) is 12.1 Å². The lowest BCUT2D eigenvalue weighted by atomic mass is 10.1. The van der Waals surface area contributed by atoms with Crippen molar-refractivity contribution < 1.29 is 22.7 Å². The largest absolute Gasteiger partial charge is 0.457 e. The summed E-state index contributed by atoms with van der Waals surface area (Å²) in [6.07, 6.45) is -2.31. The van der Waals surface area contributed by atoms with E-state index < -0.39 is 11.7 Å². The SMILES string of the molecule is O=Cc1cccc(-c2ccc(Oc3ccc(C4C=N4)cc3C(F)(F)F)cc2)n1. The lowest BCUT2D eigenvalue weighted by Gasteiger charge is -2.15. The molecule has 0 saturated carbocycles. The lowest BCUT2D eigenvalue weighted by Crippen LogP contribution is -2.08. The Balaban J connectivity index is 1.60. The second-order valence-corrected chi connectivity index (χ2v) is 6.19. The van der Waals surface area contributed by atoms with Gasteiger partial charge < -0.3 is 4.74 Å². The highest BCUT2D eigenvalue weighted by Crippen LogP contribution is 2.41. The number of halogens is 3. The minimum Gasteiger partial charge on any atom is -0.457 e. The number of aromatic nitrogens is 1. The number of alkyl halides is 3. The van der Waals surface area contributed by atoms with Crippen LogP contribution in [-0.2, 0) is 6.18 Å². The lowest BCUT2D eigenvalue weighted by molar-refractivity contribution is -0.138. The maximum absolute atomic E-state index is 13.4. The zero-order valence-electron chi connectivity index (χ0n) is 14.4. The number of hydrogen-bond acceptors (Lipinski definition) is 4. The summed E-state index contributed by atoms with van der Waals surface area (Å²) in [5, 5.41) is 0. The third-order valence-electron chi connectivity index (χ3n) is 4.22. The van der Waals surface area contributed by atoms with Crippen molar-refractivity contribution in [1.29, 1.82) is 0 Å². The number of pyridine rings is 1. The van der Waals surface area contributed by atoms with Gasteiger partial charge in [0, 0.05) is 11.8 Å². The molecule has 1 aliphatic rings. The van der Waals surface area contributed by atoms with Gasteiger partial charge in [0.25, 0.3) is 0 Å².